The van der Waals surface area contributed by atoms with E-state index in [-0.39, 0.29) is 11.6 Å². The van der Waals surface area contributed by atoms with Gasteiger partial charge in [0, 0.05) is 30.1 Å². The Morgan fingerprint density at radius 1 is 1.36 bits per heavy atom. The summed E-state index contributed by atoms with van der Waals surface area (Å²) >= 11 is 0. The van der Waals surface area contributed by atoms with Gasteiger partial charge >= 0.3 is 0 Å². The van der Waals surface area contributed by atoms with Gasteiger partial charge < -0.3 is 9.30 Å². The Balaban J connectivity index is 1.99. The van der Waals surface area contributed by atoms with Crippen molar-refractivity contribution in [3.8, 4) is 17.0 Å². The molecule has 0 amide bonds. The van der Waals surface area contributed by atoms with Gasteiger partial charge in [-0.05, 0) is 45.6 Å². The molecule has 0 radical (unpaired) electrons. The summed E-state index contributed by atoms with van der Waals surface area (Å²) in [6, 6.07) is 3.49. The predicted octanol–water partition coefficient (Wildman–Crippen LogP) is 2.98. The van der Waals surface area contributed by atoms with Gasteiger partial charge in [0.1, 0.15) is 5.82 Å². The first-order valence-corrected chi connectivity index (χ1v) is 7.73. The molecule has 0 atom stereocenters. The number of aromatic nitrogens is 3. The van der Waals surface area contributed by atoms with Crippen molar-refractivity contribution in [2.24, 2.45) is 5.92 Å². The van der Waals surface area contributed by atoms with Gasteiger partial charge in [-0.2, -0.15) is 4.98 Å². The fourth-order valence-electron chi connectivity index (χ4n) is 2.31. The number of pyridine rings is 1. The van der Waals surface area contributed by atoms with Gasteiger partial charge in [0.2, 0.25) is 5.88 Å². The van der Waals surface area contributed by atoms with Gasteiger partial charge in [0.05, 0.1) is 12.2 Å². The van der Waals surface area contributed by atoms with E-state index in [1.54, 1.807) is 22.9 Å². The predicted molar refractivity (Wildman–Crippen MR) is 85.1 cm³/mol. The van der Waals surface area contributed by atoms with Crippen molar-refractivity contribution in [2.75, 3.05) is 6.61 Å². The van der Waals surface area contributed by atoms with E-state index in [9.17, 15) is 4.79 Å². The average molecular weight is 299 g/mol. The highest BCUT2D eigenvalue weighted by atomic mass is 16.5. The Kier molecular flexibility index (Phi) is 3.96. The molecule has 5 heteroatoms. The summed E-state index contributed by atoms with van der Waals surface area (Å²) in [6.07, 6.45) is 6.09. The Bertz CT molecular complexity index is 733. The third-order valence-corrected chi connectivity index (χ3v) is 3.83. The lowest BCUT2D eigenvalue weighted by atomic mass is 10.1. The second-order valence-electron chi connectivity index (χ2n) is 6.15. The van der Waals surface area contributed by atoms with E-state index < -0.39 is 0 Å². The highest BCUT2D eigenvalue weighted by Crippen LogP contribution is 2.32. The standard InChI is InChI=1S/C17H21N3O2/c1-11(2)20-9-14(6-7-16(20)21)15-8-18-12(3)19-17(15)22-10-13-4-5-13/h6-9,11,13H,4-5,10H2,1-3H3. The van der Waals surface area contributed by atoms with E-state index in [4.69, 9.17) is 4.74 Å². The van der Waals surface area contributed by atoms with Gasteiger partial charge in [0.25, 0.3) is 5.56 Å². The fourth-order valence-corrected chi connectivity index (χ4v) is 2.31. The molecular formula is C17H21N3O2. The smallest absolute Gasteiger partial charge is 0.250 e. The summed E-state index contributed by atoms with van der Waals surface area (Å²) in [5, 5.41) is 0. The third-order valence-electron chi connectivity index (χ3n) is 3.83. The Morgan fingerprint density at radius 3 is 2.82 bits per heavy atom. The van der Waals surface area contributed by atoms with E-state index in [2.05, 4.69) is 9.97 Å². The van der Waals surface area contributed by atoms with Gasteiger partial charge in [-0.1, -0.05) is 0 Å². The van der Waals surface area contributed by atoms with Crippen LogP contribution in [0, 0.1) is 12.8 Å². The van der Waals surface area contributed by atoms with Crippen LogP contribution in [0.1, 0.15) is 38.6 Å². The van der Waals surface area contributed by atoms with Crippen molar-refractivity contribution in [2.45, 2.75) is 39.7 Å². The number of hydrogen-bond donors (Lipinski definition) is 0. The minimum atomic E-state index is -0.00720. The summed E-state index contributed by atoms with van der Waals surface area (Å²) in [4.78, 5) is 20.6. The number of ether oxygens (including phenoxy) is 1. The maximum Gasteiger partial charge on any atom is 0.250 e. The molecule has 0 saturated heterocycles. The summed E-state index contributed by atoms with van der Waals surface area (Å²) in [7, 11) is 0. The summed E-state index contributed by atoms with van der Waals surface area (Å²) in [5.41, 5.74) is 1.73. The molecule has 0 N–H and O–H groups in total. The Labute approximate surface area is 130 Å². The molecule has 1 fully saturated rings. The van der Waals surface area contributed by atoms with Crippen LogP contribution in [0.4, 0.5) is 0 Å². The topological polar surface area (TPSA) is 57.0 Å². The Morgan fingerprint density at radius 2 is 2.14 bits per heavy atom. The number of rotatable bonds is 5. The lowest BCUT2D eigenvalue weighted by molar-refractivity contribution is 0.288. The molecule has 22 heavy (non-hydrogen) atoms. The van der Waals surface area contributed by atoms with Crippen LogP contribution in [0.2, 0.25) is 0 Å². The van der Waals surface area contributed by atoms with Crippen molar-refractivity contribution in [3.63, 3.8) is 0 Å². The van der Waals surface area contributed by atoms with E-state index in [0.717, 1.165) is 11.1 Å². The molecule has 0 aliphatic heterocycles. The molecule has 2 aromatic heterocycles. The first kappa shape index (κ1) is 14.8. The molecule has 0 bridgehead atoms. The first-order valence-electron chi connectivity index (χ1n) is 7.73. The van der Waals surface area contributed by atoms with Crippen LogP contribution in [-0.4, -0.2) is 21.1 Å². The molecule has 0 spiro atoms. The van der Waals surface area contributed by atoms with E-state index in [1.807, 2.05) is 27.0 Å². The van der Waals surface area contributed by atoms with Crippen LogP contribution in [0.15, 0.2) is 29.3 Å². The van der Waals surface area contributed by atoms with Gasteiger partial charge in [-0.25, -0.2) is 4.98 Å². The molecule has 2 heterocycles. The lowest BCUT2D eigenvalue weighted by Crippen LogP contribution is -2.20. The van der Waals surface area contributed by atoms with Gasteiger partial charge in [-0.3, -0.25) is 4.79 Å². The molecule has 1 aliphatic rings. The van der Waals surface area contributed by atoms with Crippen molar-refractivity contribution < 1.29 is 4.74 Å². The lowest BCUT2D eigenvalue weighted by Gasteiger charge is -2.14. The van der Waals surface area contributed by atoms with Crippen LogP contribution < -0.4 is 10.3 Å². The van der Waals surface area contributed by atoms with Crippen molar-refractivity contribution in [3.05, 3.63) is 40.7 Å². The monoisotopic (exact) mass is 299 g/mol. The fraction of sp³-hybridized carbons (Fsp3) is 0.471. The molecule has 116 valence electrons. The Hall–Kier alpha value is -2.17. The molecule has 5 nitrogen and oxygen atoms in total. The number of aryl methyl sites for hydroxylation is 1. The number of nitrogens with zero attached hydrogens (tertiary/aromatic N) is 3. The normalized spacial score (nSPS) is 14.4. The van der Waals surface area contributed by atoms with E-state index >= 15 is 0 Å². The number of hydrogen-bond acceptors (Lipinski definition) is 4. The highest BCUT2D eigenvalue weighted by Gasteiger charge is 2.23. The maximum absolute atomic E-state index is 11.9. The van der Waals surface area contributed by atoms with Crippen LogP contribution in [0.25, 0.3) is 11.1 Å². The zero-order valence-electron chi connectivity index (χ0n) is 13.2. The summed E-state index contributed by atoms with van der Waals surface area (Å²) in [5.74, 6) is 1.95. The zero-order valence-corrected chi connectivity index (χ0v) is 13.2. The van der Waals surface area contributed by atoms with E-state index in [0.29, 0.717) is 24.2 Å². The minimum absolute atomic E-state index is 0.00720. The quantitative estimate of drug-likeness (QED) is 0.851. The maximum atomic E-state index is 11.9. The van der Waals surface area contributed by atoms with Crippen molar-refractivity contribution in [1.29, 1.82) is 0 Å². The van der Waals surface area contributed by atoms with Crippen molar-refractivity contribution in [1.82, 2.24) is 14.5 Å². The van der Waals surface area contributed by atoms with Crippen molar-refractivity contribution >= 4 is 0 Å². The zero-order chi connectivity index (χ0) is 15.7. The molecule has 1 saturated carbocycles. The third kappa shape index (κ3) is 3.18. The summed E-state index contributed by atoms with van der Waals surface area (Å²) < 4.78 is 7.60. The first-order chi connectivity index (χ1) is 10.5. The molecule has 1 aliphatic carbocycles. The van der Waals surface area contributed by atoms with E-state index in [1.165, 1.54) is 12.8 Å². The van der Waals surface area contributed by atoms with Gasteiger partial charge in [-0.15, -0.1) is 0 Å². The second kappa shape index (κ2) is 5.91. The SMILES string of the molecule is Cc1ncc(-c2ccc(=O)n(C(C)C)c2)c(OCC2CC2)n1. The van der Waals surface area contributed by atoms with Gasteiger partial charge in [0.15, 0.2) is 0 Å². The van der Waals surface area contributed by atoms with Crippen LogP contribution >= 0.6 is 0 Å². The summed E-state index contributed by atoms with van der Waals surface area (Å²) in [6.45, 7) is 6.53. The van der Waals surface area contributed by atoms with Crippen LogP contribution in [0.3, 0.4) is 0 Å². The largest absolute Gasteiger partial charge is 0.477 e. The molecule has 0 aromatic carbocycles. The second-order valence-corrected chi connectivity index (χ2v) is 6.15. The molecule has 3 rings (SSSR count). The molecule has 2 aromatic rings. The highest BCUT2D eigenvalue weighted by molar-refractivity contribution is 5.66. The van der Waals surface area contributed by atoms with Crippen LogP contribution in [0.5, 0.6) is 5.88 Å². The average Bonchev–Trinajstić information content (AvgIpc) is 3.30. The minimum Gasteiger partial charge on any atom is -0.477 e. The van der Waals surface area contributed by atoms with Crippen LogP contribution in [-0.2, 0) is 0 Å². The molecular weight excluding hydrogens is 278 g/mol. The molecule has 0 unspecified atom stereocenters.